The zero-order valence-corrected chi connectivity index (χ0v) is 17.3. The monoisotopic (exact) mass is 436 g/mol. The maximum atomic E-state index is 11.3. The first kappa shape index (κ1) is 22.9. The van der Waals surface area contributed by atoms with Crippen molar-refractivity contribution < 1.29 is 9.53 Å². The van der Waals surface area contributed by atoms with E-state index in [-0.39, 0.29) is 5.97 Å². The van der Waals surface area contributed by atoms with Crippen molar-refractivity contribution in [3.8, 4) is 0 Å². The molecule has 0 aromatic rings. The minimum Gasteiger partial charge on any atom is -0.465 e. The van der Waals surface area contributed by atoms with Crippen molar-refractivity contribution >= 4 is 28.6 Å². The molecule has 0 N–H and O–H groups in total. The lowest BCUT2D eigenvalue weighted by molar-refractivity contribution is -0.143. The molecule has 0 unspecified atom stereocenters. The van der Waals surface area contributed by atoms with Gasteiger partial charge in [-0.1, -0.05) is 93.0 Å². The first-order valence-corrected chi connectivity index (χ1v) is 11.2. The zero-order chi connectivity index (χ0) is 17.0. The molecule has 2 nitrogen and oxygen atoms in total. The largest absolute Gasteiger partial charge is 0.465 e. The van der Waals surface area contributed by atoms with Crippen LogP contribution < -0.4 is 0 Å². The fraction of sp³-hybridized carbons (Fsp3) is 0.850. The number of ether oxygens (including phenoxy) is 1. The average Bonchev–Trinajstić information content (AvgIpc) is 2.56. The van der Waals surface area contributed by atoms with E-state index >= 15 is 0 Å². The zero-order valence-electron chi connectivity index (χ0n) is 15.2. The molecular weight excluding hydrogens is 399 g/mol. The van der Waals surface area contributed by atoms with E-state index < -0.39 is 0 Å². The summed E-state index contributed by atoms with van der Waals surface area (Å²) in [6, 6.07) is 0. The van der Waals surface area contributed by atoms with Gasteiger partial charge in [-0.2, -0.15) is 0 Å². The summed E-state index contributed by atoms with van der Waals surface area (Å²) in [5.41, 5.74) is 0. The Morgan fingerprint density at radius 2 is 1.35 bits per heavy atom. The molecule has 0 rings (SSSR count). The van der Waals surface area contributed by atoms with Gasteiger partial charge in [0, 0.05) is 10.8 Å². The van der Waals surface area contributed by atoms with E-state index in [0.29, 0.717) is 13.0 Å². The van der Waals surface area contributed by atoms with Gasteiger partial charge in [0.15, 0.2) is 0 Å². The maximum Gasteiger partial charge on any atom is 0.305 e. The normalized spacial score (nSPS) is 11.2. The molecule has 0 bridgehead atoms. The van der Waals surface area contributed by atoms with E-state index in [2.05, 4.69) is 41.7 Å². The van der Waals surface area contributed by atoms with Crippen LogP contribution in [0, 0.1) is 0 Å². The molecule has 0 aromatic carbocycles. The predicted octanol–water partition coefficient (Wildman–Crippen LogP) is 7.00. The third-order valence-corrected chi connectivity index (χ3v) is 4.42. The Morgan fingerprint density at radius 3 is 1.91 bits per heavy atom. The number of allylic oxidation sites excluding steroid dienone is 2. The summed E-state index contributed by atoms with van der Waals surface area (Å²) in [6.45, 7) is 2.83. The highest BCUT2D eigenvalue weighted by Gasteiger charge is 2.01. The molecule has 0 saturated carbocycles. The number of alkyl halides is 1. The fourth-order valence-electron chi connectivity index (χ4n) is 2.56. The van der Waals surface area contributed by atoms with Gasteiger partial charge in [-0.25, -0.2) is 0 Å². The summed E-state index contributed by atoms with van der Waals surface area (Å²) in [5.74, 6) is -0.0284. The summed E-state index contributed by atoms with van der Waals surface area (Å²) in [6.07, 6.45) is 22.0. The van der Waals surface area contributed by atoms with Crippen molar-refractivity contribution in [2.45, 2.75) is 96.8 Å². The van der Waals surface area contributed by atoms with Crippen LogP contribution in [0.1, 0.15) is 96.8 Å². The van der Waals surface area contributed by atoms with E-state index in [4.69, 9.17) is 4.74 Å². The number of carbonyl (C=O) groups is 1. The van der Waals surface area contributed by atoms with Crippen LogP contribution in [0.4, 0.5) is 0 Å². The molecule has 0 spiro atoms. The van der Waals surface area contributed by atoms with Crippen molar-refractivity contribution in [1.82, 2.24) is 0 Å². The molecule has 23 heavy (non-hydrogen) atoms. The molecule has 0 aliphatic rings. The fourth-order valence-corrected chi connectivity index (χ4v) is 2.78. The maximum absolute atomic E-state index is 11.3. The molecule has 0 fully saturated rings. The Balaban J connectivity index is 3.14. The van der Waals surface area contributed by atoms with Gasteiger partial charge in [0.05, 0.1) is 0 Å². The quantitative estimate of drug-likeness (QED) is 0.0807. The van der Waals surface area contributed by atoms with Crippen LogP contribution in [0.2, 0.25) is 0 Å². The third-order valence-electron chi connectivity index (χ3n) is 3.98. The number of esters is 1. The van der Waals surface area contributed by atoms with Crippen LogP contribution in [0.3, 0.4) is 0 Å². The topological polar surface area (TPSA) is 26.3 Å². The van der Waals surface area contributed by atoms with Crippen LogP contribution in [0.25, 0.3) is 0 Å². The Bertz CT molecular complexity index is 277. The van der Waals surface area contributed by atoms with E-state index in [0.717, 1.165) is 17.3 Å². The minimum absolute atomic E-state index is 0.0284. The smallest absolute Gasteiger partial charge is 0.305 e. The summed E-state index contributed by atoms with van der Waals surface area (Å²) in [4.78, 5) is 11.3. The molecule has 0 radical (unpaired) electrons. The number of carbonyl (C=O) groups excluding carboxylic acids is 1. The number of hydrogen-bond donors (Lipinski definition) is 0. The summed E-state index contributed by atoms with van der Waals surface area (Å²) < 4.78 is 5.94. The van der Waals surface area contributed by atoms with Gasteiger partial charge < -0.3 is 4.74 Å². The van der Waals surface area contributed by atoms with Gasteiger partial charge in [0.2, 0.25) is 0 Å². The van der Waals surface area contributed by atoms with Crippen LogP contribution in [-0.4, -0.2) is 17.0 Å². The number of rotatable bonds is 17. The summed E-state index contributed by atoms with van der Waals surface area (Å²) >= 11 is 2.22. The minimum atomic E-state index is -0.0284. The highest BCUT2D eigenvalue weighted by Crippen LogP contribution is 2.10. The first-order chi connectivity index (χ1) is 11.3. The molecule has 0 heterocycles. The first-order valence-electron chi connectivity index (χ1n) is 9.67. The van der Waals surface area contributed by atoms with Crippen molar-refractivity contribution in [2.24, 2.45) is 0 Å². The molecule has 0 aliphatic carbocycles. The third kappa shape index (κ3) is 19.9. The van der Waals surface area contributed by atoms with E-state index in [1.807, 2.05) is 0 Å². The van der Waals surface area contributed by atoms with Crippen molar-refractivity contribution in [1.29, 1.82) is 0 Å². The van der Waals surface area contributed by atoms with Crippen LogP contribution in [0.15, 0.2) is 12.2 Å². The SMILES string of the molecule is CCCCCCCC/C=C\CCCCCCCC(=O)OCCI. The predicted molar refractivity (Wildman–Crippen MR) is 109 cm³/mol. The lowest BCUT2D eigenvalue weighted by Gasteiger charge is -2.02. The van der Waals surface area contributed by atoms with Crippen LogP contribution >= 0.6 is 22.6 Å². The van der Waals surface area contributed by atoms with Crippen molar-refractivity contribution in [2.75, 3.05) is 11.0 Å². The molecule has 3 heteroatoms. The second kappa shape index (κ2) is 20.0. The molecule has 0 aliphatic heterocycles. The molecule has 0 saturated heterocycles. The van der Waals surface area contributed by atoms with Crippen LogP contribution in [-0.2, 0) is 9.53 Å². The highest BCUT2D eigenvalue weighted by molar-refractivity contribution is 14.1. The molecule has 0 aromatic heterocycles. The Morgan fingerprint density at radius 1 is 0.826 bits per heavy atom. The number of halogens is 1. The average molecular weight is 436 g/mol. The van der Waals surface area contributed by atoms with E-state index in [1.54, 1.807) is 0 Å². The highest BCUT2D eigenvalue weighted by atomic mass is 127. The molecular formula is C20H37IO2. The number of unbranched alkanes of at least 4 members (excludes halogenated alkanes) is 11. The van der Waals surface area contributed by atoms with E-state index in [1.165, 1.54) is 70.6 Å². The molecule has 0 atom stereocenters. The molecule has 136 valence electrons. The van der Waals surface area contributed by atoms with Crippen molar-refractivity contribution in [3.05, 3.63) is 12.2 Å². The molecule has 0 amide bonds. The van der Waals surface area contributed by atoms with Crippen molar-refractivity contribution in [3.63, 3.8) is 0 Å². The summed E-state index contributed by atoms with van der Waals surface area (Å²) in [5, 5.41) is 0. The van der Waals surface area contributed by atoms with Gasteiger partial charge >= 0.3 is 5.97 Å². The van der Waals surface area contributed by atoms with Gasteiger partial charge in [0.1, 0.15) is 6.61 Å². The second-order valence-corrected chi connectivity index (χ2v) is 7.32. The number of hydrogen-bond acceptors (Lipinski definition) is 2. The van der Waals surface area contributed by atoms with E-state index in [9.17, 15) is 4.79 Å². The van der Waals surface area contributed by atoms with Gasteiger partial charge in [-0.3, -0.25) is 4.79 Å². The Hall–Kier alpha value is -0.0600. The Labute approximate surface area is 158 Å². The lowest BCUT2D eigenvalue weighted by atomic mass is 10.1. The van der Waals surface area contributed by atoms with Gasteiger partial charge in [-0.15, -0.1) is 0 Å². The van der Waals surface area contributed by atoms with Crippen LogP contribution in [0.5, 0.6) is 0 Å². The standard InChI is InChI=1S/C20H37IO2/c1-2-3-4-5-6-7-8-9-10-11-12-13-14-15-16-17-20(22)23-19-18-21/h9-10H,2-8,11-19H2,1H3/b10-9-. The summed E-state index contributed by atoms with van der Waals surface area (Å²) in [7, 11) is 0. The lowest BCUT2D eigenvalue weighted by Crippen LogP contribution is -2.05. The van der Waals surface area contributed by atoms with Gasteiger partial charge in [-0.05, 0) is 32.1 Å². The van der Waals surface area contributed by atoms with Gasteiger partial charge in [0.25, 0.3) is 0 Å². The Kier molecular flexibility index (Phi) is 19.9. The second-order valence-electron chi connectivity index (χ2n) is 6.24.